The van der Waals surface area contributed by atoms with Crippen LogP contribution in [-0.2, 0) is 6.42 Å². The van der Waals surface area contributed by atoms with Crippen LogP contribution in [0.4, 0.5) is 0 Å². The second-order valence-corrected chi connectivity index (χ2v) is 4.68. The topological polar surface area (TPSA) is 48.1 Å². The van der Waals surface area contributed by atoms with Crippen LogP contribution in [0.25, 0.3) is 10.9 Å². The molecule has 100 valence electrons. The predicted octanol–water partition coefficient (Wildman–Crippen LogP) is 3.08. The molecular formula is C16H20N2O. The van der Waals surface area contributed by atoms with Crippen molar-refractivity contribution in [2.75, 3.05) is 7.11 Å². The van der Waals surface area contributed by atoms with E-state index in [-0.39, 0.29) is 6.04 Å². The van der Waals surface area contributed by atoms with Crippen LogP contribution >= 0.6 is 0 Å². The van der Waals surface area contributed by atoms with Gasteiger partial charge in [0.2, 0.25) is 0 Å². The molecule has 0 saturated heterocycles. The summed E-state index contributed by atoms with van der Waals surface area (Å²) < 4.78 is 5.27. The molecule has 0 spiro atoms. The van der Waals surface area contributed by atoms with Crippen molar-refractivity contribution in [3.05, 3.63) is 48.7 Å². The molecule has 19 heavy (non-hydrogen) atoms. The fourth-order valence-electron chi connectivity index (χ4n) is 2.20. The second kappa shape index (κ2) is 6.34. The molecule has 0 radical (unpaired) electrons. The molecule has 1 aromatic carbocycles. The van der Waals surface area contributed by atoms with E-state index in [1.165, 1.54) is 5.56 Å². The Morgan fingerprint density at radius 3 is 3.00 bits per heavy atom. The number of methoxy groups -OCH3 is 1. The van der Waals surface area contributed by atoms with Crippen molar-refractivity contribution in [2.45, 2.75) is 25.3 Å². The second-order valence-electron chi connectivity index (χ2n) is 4.68. The van der Waals surface area contributed by atoms with E-state index in [1.54, 1.807) is 7.11 Å². The molecule has 0 fully saturated rings. The Bertz CT molecular complexity index is 566. The molecule has 1 aromatic heterocycles. The van der Waals surface area contributed by atoms with Crippen molar-refractivity contribution in [2.24, 2.45) is 5.73 Å². The number of rotatable bonds is 6. The fraction of sp³-hybridized carbons (Fsp3) is 0.312. The molecule has 0 amide bonds. The van der Waals surface area contributed by atoms with Gasteiger partial charge in [-0.1, -0.05) is 6.08 Å². The molecule has 0 aliphatic carbocycles. The highest BCUT2D eigenvalue weighted by Crippen LogP contribution is 2.23. The van der Waals surface area contributed by atoms with E-state index in [4.69, 9.17) is 10.5 Å². The number of benzene rings is 1. The molecule has 0 aliphatic rings. The van der Waals surface area contributed by atoms with Crippen molar-refractivity contribution in [3.63, 3.8) is 0 Å². The van der Waals surface area contributed by atoms with Gasteiger partial charge in [-0.15, -0.1) is 6.58 Å². The van der Waals surface area contributed by atoms with E-state index in [0.717, 1.165) is 35.9 Å². The Labute approximate surface area is 114 Å². The number of hydrogen-bond acceptors (Lipinski definition) is 3. The molecule has 3 nitrogen and oxygen atoms in total. The van der Waals surface area contributed by atoms with Crippen molar-refractivity contribution in [1.82, 2.24) is 4.98 Å². The van der Waals surface area contributed by atoms with Crippen LogP contribution in [0.15, 0.2) is 43.1 Å². The molecule has 2 rings (SSSR count). The third-order valence-corrected chi connectivity index (χ3v) is 3.26. The van der Waals surface area contributed by atoms with Crippen LogP contribution in [-0.4, -0.2) is 18.1 Å². The summed E-state index contributed by atoms with van der Waals surface area (Å²) in [7, 11) is 1.67. The quantitative estimate of drug-likeness (QED) is 0.808. The van der Waals surface area contributed by atoms with Gasteiger partial charge in [0.15, 0.2) is 0 Å². The summed E-state index contributed by atoms with van der Waals surface area (Å²) in [6, 6.07) is 8.12. The van der Waals surface area contributed by atoms with E-state index >= 15 is 0 Å². The first-order valence-electron chi connectivity index (χ1n) is 6.52. The maximum absolute atomic E-state index is 6.15. The molecule has 0 bridgehead atoms. The van der Waals surface area contributed by atoms with E-state index in [9.17, 15) is 0 Å². The largest absolute Gasteiger partial charge is 0.497 e. The average molecular weight is 256 g/mol. The minimum Gasteiger partial charge on any atom is -0.497 e. The van der Waals surface area contributed by atoms with Gasteiger partial charge in [-0.3, -0.25) is 4.98 Å². The average Bonchev–Trinajstić information content (AvgIpc) is 2.45. The van der Waals surface area contributed by atoms with Gasteiger partial charge in [-0.2, -0.15) is 0 Å². The molecule has 2 N–H and O–H groups in total. The van der Waals surface area contributed by atoms with Gasteiger partial charge in [0.1, 0.15) is 5.75 Å². The van der Waals surface area contributed by atoms with Crippen molar-refractivity contribution in [3.8, 4) is 5.75 Å². The van der Waals surface area contributed by atoms with Crippen molar-refractivity contribution in [1.29, 1.82) is 0 Å². The van der Waals surface area contributed by atoms with Crippen LogP contribution in [0, 0.1) is 0 Å². The number of nitrogens with zero attached hydrogens (tertiary/aromatic N) is 1. The monoisotopic (exact) mass is 256 g/mol. The Kier molecular flexibility index (Phi) is 4.53. The molecule has 1 unspecified atom stereocenters. The highest BCUT2D eigenvalue weighted by atomic mass is 16.5. The molecule has 0 aliphatic heterocycles. The van der Waals surface area contributed by atoms with Crippen LogP contribution in [0.3, 0.4) is 0 Å². The minimum atomic E-state index is 0.148. The molecule has 2 aromatic rings. The van der Waals surface area contributed by atoms with Crippen LogP contribution in [0.5, 0.6) is 5.75 Å². The van der Waals surface area contributed by atoms with Gasteiger partial charge in [0.25, 0.3) is 0 Å². The predicted molar refractivity (Wildman–Crippen MR) is 79.4 cm³/mol. The zero-order chi connectivity index (χ0) is 13.7. The standard InChI is InChI=1S/C16H20N2O/c1-3-4-5-13(17)10-12-8-9-18-16-7-6-14(19-2)11-15(12)16/h3,6-9,11,13H,1,4-5,10,17H2,2H3. The summed E-state index contributed by atoms with van der Waals surface area (Å²) in [6.07, 6.45) is 6.50. The van der Waals surface area contributed by atoms with Gasteiger partial charge in [0, 0.05) is 17.6 Å². The summed E-state index contributed by atoms with van der Waals surface area (Å²) in [5.41, 5.74) is 8.36. The molecule has 0 saturated carbocycles. The lowest BCUT2D eigenvalue weighted by molar-refractivity contribution is 0.415. The smallest absolute Gasteiger partial charge is 0.119 e. The molecule has 3 heteroatoms. The zero-order valence-corrected chi connectivity index (χ0v) is 11.3. The van der Waals surface area contributed by atoms with Crippen LogP contribution in [0.2, 0.25) is 0 Å². The number of nitrogens with two attached hydrogens (primary N) is 1. The van der Waals surface area contributed by atoms with E-state index in [2.05, 4.69) is 11.6 Å². The lowest BCUT2D eigenvalue weighted by Gasteiger charge is -2.13. The molecule has 1 atom stereocenters. The maximum Gasteiger partial charge on any atom is 0.119 e. The Hall–Kier alpha value is -1.87. The molecular weight excluding hydrogens is 236 g/mol. The van der Waals surface area contributed by atoms with Gasteiger partial charge < -0.3 is 10.5 Å². The highest BCUT2D eigenvalue weighted by molar-refractivity contribution is 5.83. The number of hydrogen-bond donors (Lipinski definition) is 1. The van der Waals surface area contributed by atoms with Crippen LogP contribution < -0.4 is 10.5 Å². The lowest BCUT2D eigenvalue weighted by atomic mass is 9.99. The number of fused-ring (bicyclic) bond motifs is 1. The number of aromatic nitrogens is 1. The highest BCUT2D eigenvalue weighted by Gasteiger charge is 2.08. The zero-order valence-electron chi connectivity index (χ0n) is 11.3. The van der Waals surface area contributed by atoms with Gasteiger partial charge in [-0.25, -0.2) is 0 Å². The van der Waals surface area contributed by atoms with Gasteiger partial charge >= 0.3 is 0 Å². The molecule has 1 heterocycles. The van der Waals surface area contributed by atoms with E-state index < -0.39 is 0 Å². The summed E-state index contributed by atoms with van der Waals surface area (Å²) in [5, 5.41) is 1.12. The summed E-state index contributed by atoms with van der Waals surface area (Å²) >= 11 is 0. The van der Waals surface area contributed by atoms with Crippen molar-refractivity contribution >= 4 is 10.9 Å². The number of ether oxygens (including phenoxy) is 1. The Morgan fingerprint density at radius 1 is 1.42 bits per heavy atom. The minimum absolute atomic E-state index is 0.148. The first kappa shape index (κ1) is 13.6. The lowest BCUT2D eigenvalue weighted by Crippen LogP contribution is -2.22. The van der Waals surface area contributed by atoms with E-state index in [1.807, 2.05) is 36.5 Å². The van der Waals surface area contributed by atoms with Gasteiger partial charge in [-0.05, 0) is 49.1 Å². The summed E-state index contributed by atoms with van der Waals surface area (Å²) in [4.78, 5) is 4.37. The van der Waals surface area contributed by atoms with E-state index in [0.29, 0.717) is 0 Å². The van der Waals surface area contributed by atoms with Crippen LogP contribution in [0.1, 0.15) is 18.4 Å². The normalized spacial score (nSPS) is 12.3. The third-order valence-electron chi connectivity index (χ3n) is 3.26. The third kappa shape index (κ3) is 3.32. The maximum atomic E-state index is 6.15. The summed E-state index contributed by atoms with van der Waals surface area (Å²) in [6.45, 7) is 3.73. The Balaban J connectivity index is 2.28. The van der Waals surface area contributed by atoms with Gasteiger partial charge in [0.05, 0.1) is 12.6 Å². The summed E-state index contributed by atoms with van der Waals surface area (Å²) in [5.74, 6) is 0.849. The Morgan fingerprint density at radius 2 is 2.26 bits per heavy atom. The first-order valence-corrected chi connectivity index (χ1v) is 6.52. The SMILES string of the molecule is C=CCCC(N)Cc1ccnc2ccc(OC)cc12. The first-order chi connectivity index (χ1) is 9.24. The fourth-order valence-corrected chi connectivity index (χ4v) is 2.20. The number of allylic oxidation sites excluding steroid dienone is 1. The van der Waals surface area contributed by atoms with Crippen molar-refractivity contribution < 1.29 is 4.74 Å². The number of pyridine rings is 1.